The monoisotopic (exact) mass is 430 g/mol. The van der Waals surface area contributed by atoms with Gasteiger partial charge in [-0.05, 0) is 41.7 Å². The lowest BCUT2D eigenvalue weighted by molar-refractivity contribution is 0.0998. The Balaban J connectivity index is 1.63. The van der Waals surface area contributed by atoms with Gasteiger partial charge in [-0.2, -0.15) is 4.37 Å². The molecule has 0 saturated carbocycles. The number of anilines is 1. The number of aromatic nitrogens is 1. The molecule has 0 atom stereocenters. The van der Waals surface area contributed by atoms with Crippen molar-refractivity contribution >= 4 is 40.2 Å². The van der Waals surface area contributed by atoms with Gasteiger partial charge in [-0.25, -0.2) is 9.18 Å². The largest absolute Gasteiger partial charge is 0.365 e. The second-order valence-electron chi connectivity index (χ2n) is 6.27. The molecule has 4 N–H and O–H groups in total. The van der Waals surface area contributed by atoms with Crippen LogP contribution in [0.3, 0.4) is 0 Å². The Morgan fingerprint density at radius 1 is 1.17 bits per heavy atom. The molecule has 6 nitrogen and oxygen atoms in total. The summed E-state index contributed by atoms with van der Waals surface area (Å²) in [5, 5.41) is 5.97. The minimum Gasteiger partial charge on any atom is -0.365 e. The summed E-state index contributed by atoms with van der Waals surface area (Å²) in [5.41, 5.74) is 8.57. The zero-order chi connectivity index (χ0) is 20.8. The summed E-state index contributed by atoms with van der Waals surface area (Å²) in [6, 6.07) is 13.5. The Morgan fingerprint density at radius 2 is 1.93 bits per heavy atom. The van der Waals surface area contributed by atoms with Gasteiger partial charge in [-0.3, -0.25) is 10.1 Å². The van der Waals surface area contributed by atoms with E-state index in [-0.39, 0.29) is 22.9 Å². The highest BCUT2D eigenvalue weighted by molar-refractivity contribution is 7.98. The highest BCUT2D eigenvalue weighted by atomic mass is 32.2. The molecular formula is C20H19FN4O2S2. The van der Waals surface area contributed by atoms with Gasteiger partial charge in [-0.1, -0.05) is 53.7 Å². The SMILES string of the molecule is Cc1ccc(CSc2nsc(NC(=O)NCc3cccc(F)c3)c2C(N)=O)cc1. The zero-order valence-electron chi connectivity index (χ0n) is 15.6. The van der Waals surface area contributed by atoms with Crippen LogP contribution in [-0.4, -0.2) is 16.3 Å². The van der Waals surface area contributed by atoms with Crippen LogP contribution in [0.4, 0.5) is 14.2 Å². The molecule has 9 heteroatoms. The molecule has 1 heterocycles. The highest BCUT2D eigenvalue weighted by Crippen LogP contribution is 2.33. The van der Waals surface area contributed by atoms with Crippen LogP contribution < -0.4 is 16.4 Å². The first-order valence-corrected chi connectivity index (χ1v) is 10.5. The van der Waals surface area contributed by atoms with Gasteiger partial charge in [0.2, 0.25) is 0 Å². The van der Waals surface area contributed by atoms with Crippen molar-refractivity contribution < 1.29 is 14.0 Å². The third-order valence-corrected chi connectivity index (χ3v) is 5.90. The van der Waals surface area contributed by atoms with Crippen molar-refractivity contribution in [3.05, 3.63) is 76.6 Å². The number of hydrogen-bond donors (Lipinski definition) is 3. The number of aryl methyl sites for hydroxylation is 1. The number of urea groups is 1. The number of nitrogens with two attached hydrogens (primary N) is 1. The highest BCUT2D eigenvalue weighted by Gasteiger charge is 2.21. The Labute approximate surface area is 175 Å². The van der Waals surface area contributed by atoms with Crippen LogP contribution in [-0.2, 0) is 12.3 Å². The molecule has 1 aromatic heterocycles. The molecule has 0 unspecified atom stereocenters. The van der Waals surface area contributed by atoms with E-state index in [1.165, 1.54) is 29.5 Å². The first-order chi connectivity index (χ1) is 13.9. The third kappa shape index (κ3) is 5.78. The minimum atomic E-state index is -0.661. The maximum absolute atomic E-state index is 13.2. The summed E-state index contributed by atoms with van der Waals surface area (Å²) < 4.78 is 17.5. The fourth-order valence-electron chi connectivity index (χ4n) is 2.49. The number of carbonyl (C=O) groups excluding carboxylic acids is 2. The van der Waals surface area contributed by atoms with Crippen LogP contribution in [0, 0.1) is 12.7 Å². The number of hydrogen-bond acceptors (Lipinski definition) is 5. The van der Waals surface area contributed by atoms with Gasteiger partial charge in [0, 0.05) is 12.3 Å². The number of benzene rings is 2. The minimum absolute atomic E-state index is 0.142. The van der Waals surface area contributed by atoms with E-state index >= 15 is 0 Å². The maximum atomic E-state index is 13.2. The average molecular weight is 431 g/mol. The predicted molar refractivity (Wildman–Crippen MR) is 114 cm³/mol. The second kappa shape index (κ2) is 9.53. The summed E-state index contributed by atoms with van der Waals surface area (Å²) in [4.78, 5) is 24.1. The molecule has 0 spiro atoms. The molecule has 3 aromatic rings. The van der Waals surface area contributed by atoms with E-state index in [4.69, 9.17) is 5.73 Å². The molecule has 0 fully saturated rings. The van der Waals surface area contributed by atoms with Gasteiger partial charge < -0.3 is 11.1 Å². The van der Waals surface area contributed by atoms with Crippen LogP contribution in [0.15, 0.2) is 53.6 Å². The molecule has 0 aliphatic carbocycles. The second-order valence-corrected chi connectivity index (χ2v) is 8.01. The van der Waals surface area contributed by atoms with E-state index in [0.29, 0.717) is 16.3 Å². The fraction of sp³-hybridized carbons (Fsp3) is 0.150. The molecule has 3 rings (SSSR count). The van der Waals surface area contributed by atoms with Crippen molar-refractivity contribution in [2.45, 2.75) is 24.2 Å². The summed E-state index contributed by atoms with van der Waals surface area (Å²) in [5.74, 6) is -0.417. The smallest absolute Gasteiger partial charge is 0.320 e. The van der Waals surface area contributed by atoms with Crippen LogP contribution in [0.1, 0.15) is 27.0 Å². The normalized spacial score (nSPS) is 10.6. The number of primary amides is 1. The van der Waals surface area contributed by atoms with Gasteiger partial charge in [0.15, 0.2) is 0 Å². The van der Waals surface area contributed by atoms with Crippen LogP contribution in [0.2, 0.25) is 0 Å². The maximum Gasteiger partial charge on any atom is 0.320 e. The molecule has 29 heavy (non-hydrogen) atoms. The number of thioether (sulfide) groups is 1. The van der Waals surface area contributed by atoms with E-state index in [1.807, 2.05) is 31.2 Å². The first kappa shape index (κ1) is 20.8. The van der Waals surface area contributed by atoms with Crippen molar-refractivity contribution in [1.82, 2.24) is 9.69 Å². The molecule has 0 aliphatic heterocycles. The Hall–Kier alpha value is -2.91. The standard InChI is InChI=1S/C20H19FN4O2S2/c1-12-5-7-13(8-6-12)11-28-19-16(17(22)26)18(29-25-19)24-20(27)23-10-14-3-2-4-15(21)9-14/h2-9H,10-11H2,1H3,(H2,22,26)(H2,23,24,27). The Bertz CT molecular complexity index is 1020. The molecule has 3 amide bonds. The third-order valence-electron chi connectivity index (χ3n) is 3.97. The van der Waals surface area contributed by atoms with Gasteiger partial charge >= 0.3 is 6.03 Å². The lowest BCUT2D eigenvalue weighted by Crippen LogP contribution is -2.28. The van der Waals surface area contributed by atoms with Gasteiger partial charge in [0.05, 0.1) is 0 Å². The molecule has 0 saturated heterocycles. The molecule has 0 radical (unpaired) electrons. The summed E-state index contributed by atoms with van der Waals surface area (Å²) in [6.45, 7) is 2.16. The number of nitrogens with one attached hydrogen (secondary N) is 2. The lowest BCUT2D eigenvalue weighted by atomic mass is 10.2. The van der Waals surface area contributed by atoms with Crippen LogP contribution >= 0.6 is 23.3 Å². The Morgan fingerprint density at radius 3 is 2.62 bits per heavy atom. The number of amides is 3. The number of nitrogens with zero attached hydrogens (tertiary/aromatic N) is 1. The summed E-state index contributed by atoms with van der Waals surface area (Å²) in [7, 11) is 0. The lowest BCUT2D eigenvalue weighted by Gasteiger charge is -2.07. The Kier molecular flexibility index (Phi) is 6.84. The van der Waals surface area contributed by atoms with E-state index in [2.05, 4.69) is 15.0 Å². The van der Waals surface area contributed by atoms with Gasteiger partial charge in [0.1, 0.15) is 21.4 Å². The van der Waals surface area contributed by atoms with E-state index in [9.17, 15) is 14.0 Å². The summed E-state index contributed by atoms with van der Waals surface area (Å²) >= 11 is 2.37. The van der Waals surface area contributed by atoms with Crippen molar-refractivity contribution in [2.75, 3.05) is 5.32 Å². The topological polar surface area (TPSA) is 97.1 Å². The van der Waals surface area contributed by atoms with Crippen molar-refractivity contribution in [2.24, 2.45) is 5.73 Å². The predicted octanol–water partition coefficient (Wildman–Crippen LogP) is 4.30. The van der Waals surface area contributed by atoms with Crippen LogP contribution in [0.25, 0.3) is 0 Å². The van der Waals surface area contributed by atoms with Crippen molar-refractivity contribution in [1.29, 1.82) is 0 Å². The van der Waals surface area contributed by atoms with E-state index in [1.54, 1.807) is 12.1 Å². The zero-order valence-corrected chi connectivity index (χ0v) is 17.2. The number of rotatable bonds is 7. The summed E-state index contributed by atoms with van der Waals surface area (Å²) in [6.07, 6.45) is 0. The van der Waals surface area contributed by atoms with Gasteiger partial charge in [0.25, 0.3) is 5.91 Å². The van der Waals surface area contributed by atoms with Crippen molar-refractivity contribution in [3.8, 4) is 0 Å². The van der Waals surface area contributed by atoms with Gasteiger partial charge in [-0.15, -0.1) is 0 Å². The van der Waals surface area contributed by atoms with E-state index < -0.39 is 11.9 Å². The van der Waals surface area contributed by atoms with E-state index in [0.717, 1.165) is 17.1 Å². The quantitative estimate of drug-likeness (QED) is 0.487. The van der Waals surface area contributed by atoms with Crippen LogP contribution in [0.5, 0.6) is 0 Å². The average Bonchev–Trinajstić information content (AvgIpc) is 3.08. The molecule has 0 bridgehead atoms. The molecular weight excluding hydrogens is 411 g/mol. The number of halogens is 1. The molecule has 2 aromatic carbocycles. The molecule has 150 valence electrons. The first-order valence-electron chi connectivity index (χ1n) is 8.69. The fourth-order valence-corrected chi connectivity index (χ4v) is 4.41. The molecule has 0 aliphatic rings. The van der Waals surface area contributed by atoms with Crippen molar-refractivity contribution in [3.63, 3.8) is 0 Å². The number of carbonyl (C=O) groups is 2.